The predicted octanol–water partition coefficient (Wildman–Crippen LogP) is 2.71. The summed E-state index contributed by atoms with van der Waals surface area (Å²) in [6, 6.07) is 6.77. The summed E-state index contributed by atoms with van der Waals surface area (Å²) in [6.07, 6.45) is 8.66. The van der Waals surface area contributed by atoms with Crippen LogP contribution in [0, 0.1) is 18.8 Å². The predicted molar refractivity (Wildman–Crippen MR) is 137 cm³/mol. The Balaban J connectivity index is 1.41. The summed E-state index contributed by atoms with van der Waals surface area (Å²) in [5, 5.41) is 12.0. The lowest BCUT2D eigenvalue weighted by Crippen LogP contribution is -2.34. The van der Waals surface area contributed by atoms with Crippen LogP contribution in [0.15, 0.2) is 53.8 Å². The average Bonchev–Trinajstić information content (AvgIpc) is 3.53. The molecule has 5 aromatic rings. The molecule has 1 aliphatic rings. The van der Waals surface area contributed by atoms with Crippen LogP contribution in [0.5, 0.6) is 0 Å². The number of aromatic nitrogens is 7. The molecule has 0 spiro atoms. The highest BCUT2D eigenvalue weighted by molar-refractivity contribution is 6.01. The van der Waals surface area contributed by atoms with E-state index in [0.717, 1.165) is 18.4 Å². The number of aryl methyl sites for hydroxylation is 2. The first-order valence-corrected chi connectivity index (χ1v) is 12.1. The molecule has 10 nitrogen and oxygen atoms in total. The molecule has 1 saturated carbocycles. The van der Waals surface area contributed by atoms with E-state index in [9.17, 15) is 9.59 Å². The molecule has 1 amide bonds. The highest BCUT2D eigenvalue weighted by Gasteiger charge is 2.31. The summed E-state index contributed by atoms with van der Waals surface area (Å²) in [6.45, 7) is 3.61. The van der Waals surface area contributed by atoms with Gasteiger partial charge in [-0.3, -0.25) is 18.8 Å². The fourth-order valence-electron chi connectivity index (χ4n) is 4.58. The summed E-state index contributed by atoms with van der Waals surface area (Å²) in [7, 11) is 1.83. The number of benzene rings is 1. The molecule has 10 heteroatoms. The number of fused-ring (bicyclic) bond motifs is 2. The van der Waals surface area contributed by atoms with Crippen molar-refractivity contribution in [1.82, 2.24) is 39.2 Å². The van der Waals surface area contributed by atoms with Crippen molar-refractivity contribution < 1.29 is 4.79 Å². The Bertz CT molecular complexity index is 1810. The van der Waals surface area contributed by atoms with Crippen molar-refractivity contribution >= 4 is 22.5 Å². The second-order valence-corrected chi connectivity index (χ2v) is 9.27. The first-order chi connectivity index (χ1) is 17.9. The van der Waals surface area contributed by atoms with Crippen LogP contribution >= 0.6 is 0 Å². The number of nitrogens with zero attached hydrogens (tertiary/aromatic N) is 7. The van der Waals surface area contributed by atoms with E-state index in [1.165, 1.54) is 0 Å². The van der Waals surface area contributed by atoms with E-state index in [-0.39, 0.29) is 17.5 Å². The van der Waals surface area contributed by atoms with Crippen molar-refractivity contribution in [2.75, 3.05) is 0 Å². The summed E-state index contributed by atoms with van der Waals surface area (Å²) in [4.78, 5) is 36.3. The normalized spacial score (nSPS) is 13.9. The zero-order valence-electron chi connectivity index (χ0n) is 20.6. The van der Waals surface area contributed by atoms with Gasteiger partial charge in [0.15, 0.2) is 5.65 Å². The fraction of sp³-hybridized carbons (Fsp3) is 0.259. The minimum atomic E-state index is -0.520. The monoisotopic (exact) mass is 492 g/mol. The van der Waals surface area contributed by atoms with Gasteiger partial charge < -0.3 is 5.32 Å². The number of rotatable bonds is 4. The molecule has 1 unspecified atom stereocenters. The van der Waals surface area contributed by atoms with Gasteiger partial charge in [0, 0.05) is 37.2 Å². The van der Waals surface area contributed by atoms with E-state index in [1.54, 1.807) is 51.4 Å². The number of hydrogen-bond acceptors (Lipinski definition) is 6. The molecule has 1 atom stereocenters. The van der Waals surface area contributed by atoms with Crippen LogP contribution in [0.4, 0.5) is 0 Å². The standard InChI is InChI=1S/C27H24N8O2/c1-16-22(25-28-12-5-13-34(25)32-16)26(36)30-17(2)24-31-21-7-4-6-19(9-8-18-14-29-33(3)15-18)23(21)27(37)35(24)20-10-11-20/h4-7,12-15,17,20H,10-11H2,1-3H3,(H,30,36). The molecule has 184 valence electrons. The minimum Gasteiger partial charge on any atom is -0.342 e. The fourth-order valence-corrected chi connectivity index (χ4v) is 4.58. The zero-order chi connectivity index (χ0) is 25.7. The molecule has 1 fully saturated rings. The third-order valence-electron chi connectivity index (χ3n) is 6.45. The molecule has 0 radical (unpaired) electrons. The van der Waals surface area contributed by atoms with Crippen LogP contribution in [-0.2, 0) is 7.05 Å². The molecule has 4 heterocycles. The molecule has 0 aliphatic heterocycles. The Hall–Kier alpha value is -4.78. The first kappa shape index (κ1) is 22.7. The summed E-state index contributed by atoms with van der Waals surface area (Å²) in [5.74, 6) is 6.42. The Kier molecular flexibility index (Phi) is 5.34. The van der Waals surface area contributed by atoms with Gasteiger partial charge in [0.2, 0.25) is 0 Å². The van der Waals surface area contributed by atoms with Crippen LogP contribution in [0.2, 0.25) is 0 Å². The number of hydrogen-bond donors (Lipinski definition) is 1. The molecular weight excluding hydrogens is 468 g/mol. The van der Waals surface area contributed by atoms with Gasteiger partial charge in [-0.2, -0.15) is 10.2 Å². The third-order valence-corrected chi connectivity index (χ3v) is 6.45. The van der Waals surface area contributed by atoms with Crippen LogP contribution in [-0.4, -0.2) is 39.8 Å². The molecule has 1 aromatic carbocycles. The van der Waals surface area contributed by atoms with Crippen molar-refractivity contribution in [2.24, 2.45) is 7.05 Å². The smallest absolute Gasteiger partial charge is 0.262 e. The van der Waals surface area contributed by atoms with E-state index < -0.39 is 6.04 Å². The van der Waals surface area contributed by atoms with Gasteiger partial charge in [-0.15, -0.1) is 0 Å². The second kappa shape index (κ2) is 8.71. The van der Waals surface area contributed by atoms with Crippen molar-refractivity contribution in [3.05, 3.63) is 87.6 Å². The van der Waals surface area contributed by atoms with Crippen molar-refractivity contribution in [2.45, 2.75) is 38.8 Å². The summed E-state index contributed by atoms with van der Waals surface area (Å²) < 4.78 is 4.99. The second-order valence-electron chi connectivity index (χ2n) is 9.27. The quantitative estimate of drug-likeness (QED) is 0.386. The maximum atomic E-state index is 13.8. The highest BCUT2D eigenvalue weighted by Crippen LogP contribution is 2.36. The molecule has 6 rings (SSSR count). The third kappa shape index (κ3) is 4.04. The van der Waals surface area contributed by atoms with E-state index >= 15 is 0 Å². The SMILES string of the molecule is Cc1nn2cccnc2c1C(=O)NC(C)c1nc2cccc(C#Cc3cnn(C)c3)c2c(=O)n1C1CC1. The largest absolute Gasteiger partial charge is 0.342 e. The minimum absolute atomic E-state index is 0.0541. The zero-order valence-corrected chi connectivity index (χ0v) is 20.6. The van der Waals surface area contributed by atoms with Gasteiger partial charge >= 0.3 is 0 Å². The first-order valence-electron chi connectivity index (χ1n) is 12.1. The van der Waals surface area contributed by atoms with Crippen molar-refractivity contribution in [1.29, 1.82) is 0 Å². The number of carbonyl (C=O) groups excluding carboxylic acids is 1. The molecule has 1 aliphatic carbocycles. The van der Waals surface area contributed by atoms with Gasteiger partial charge in [0.25, 0.3) is 11.5 Å². The maximum absolute atomic E-state index is 13.8. The van der Waals surface area contributed by atoms with Crippen LogP contribution in [0.25, 0.3) is 16.6 Å². The van der Waals surface area contributed by atoms with Gasteiger partial charge in [-0.25, -0.2) is 14.5 Å². The van der Waals surface area contributed by atoms with Gasteiger partial charge in [-0.05, 0) is 44.9 Å². The number of nitrogens with one attached hydrogen (secondary N) is 1. The van der Waals surface area contributed by atoms with Crippen LogP contribution in [0.3, 0.4) is 0 Å². The Morgan fingerprint density at radius 1 is 1.22 bits per heavy atom. The van der Waals surface area contributed by atoms with Gasteiger partial charge in [-0.1, -0.05) is 17.9 Å². The average molecular weight is 493 g/mol. The molecule has 4 aromatic heterocycles. The molecule has 0 saturated heterocycles. The Morgan fingerprint density at radius 2 is 2.05 bits per heavy atom. The summed E-state index contributed by atoms with van der Waals surface area (Å²) >= 11 is 0. The number of amides is 1. The van der Waals surface area contributed by atoms with Gasteiger partial charge in [0.05, 0.1) is 34.4 Å². The summed E-state index contributed by atoms with van der Waals surface area (Å²) in [5.41, 5.74) is 3.24. The van der Waals surface area contributed by atoms with Crippen molar-refractivity contribution in [3.63, 3.8) is 0 Å². The maximum Gasteiger partial charge on any atom is 0.262 e. The Labute approximate surface area is 212 Å². The molecule has 0 bridgehead atoms. The van der Waals surface area contributed by atoms with E-state index in [0.29, 0.717) is 39.2 Å². The number of carbonyl (C=O) groups is 1. The lowest BCUT2D eigenvalue weighted by molar-refractivity contribution is 0.0938. The molecular formula is C27H24N8O2. The van der Waals surface area contributed by atoms with Crippen LogP contribution in [0.1, 0.15) is 64.9 Å². The van der Waals surface area contributed by atoms with E-state index in [2.05, 4.69) is 32.3 Å². The lowest BCUT2D eigenvalue weighted by Gasteiger charge is -2.19. The molecule has 1 N–H and O–H groups in total. The highest BCUT2D eigenvalue weighted by atomic mass is 16.2. The van der Waals surface area contributed by atoms with E-state index in [4.69, 9.17) is 4.98 Å². The Morgan fingerprint density at radius 3 is 2.81 bits per heavy atom. The topological polar surface area (TPSA) is 112 Å². The van der Waals surface area contributed by atoms with Crippen molar-refractivity contribution in [3.8, 4) is 11.8 Å². The van der Waals surface area contributed by atoms with Crippen LogP contribution < -0.4 is 10.9 Å². The van der Waals surface area contributed by atoms with E-state index in [1.807, 2.05) is 32.3 Å². The van der Waals surface area contributed by atoms with Gasteiger partial charge in [0.1, 0.15) is 11.4 Å². The lowest BCUT2D eigenvalue weighted by atomic mass is 10.1. The molecule has 37 heavy (non-hydrogen) atoms.